The van der Waals surface area contributed by atoms with Crippen molar-refractivity contribution in [1.29, 1.82) is 0 Å². The molecule has 1 aromatic carbocycles. The highest BCUT2D eigenvalue weighted by molar-refractivity contribution is 5.84. The van der Waals surface area contributed by atoms with Crippen LogP contribution in [0.2, 0.25) is 0 Å². The number of hydrogen-bond donors (Lipinski definition) is 0. The number of hydrogen-bond acceptors (Lipinski definition) is 1. The lowest BCUT2D eigenvalue weighted by Gasteiger charge is -1.90. The second-order valence-corrected chi connectivity index (χ2v) is 3.46. The van der Waals surface area contributed by atoms with Crippen molar-refractivity contribution in [2.45, 2.75) is 18.8 Å². The maximum absolute atomic E-state index is 5.54. The third-order valence-electron chi connectivity index (χ3n) is 2.49. The van der Waals surface area contributed by atoms with Gasteiger partial charge in [0.1, 0.15) is 5.76 Å². The van der Waals surface area contributed by atoms with Crippen LogP contribution in [0.1, 0.15) is 24.5 Å². The maximum Gasteiger partial charge on any atom is 0.114 e. The van der Waals surface area contributed by atoms with Gasteiger partial charge >= 0.3 is 0 Å². The minimum Gasteiger partial charge on any atom is -0.468 e. The molecular formula is C11H10O. The zero-order valence-electron chi connectivity index (χ0n) is 6.79. The molecule has 1 aromatic heterocycles. The molecule has 0 radical (unpaired) electrons. The Balaban J connectivity index is 2.30. The van der Waals surface area contributed by atoms with E-state index in [0.717, 1.165) is 0 Å². The summed E-state index contributed by atoms with van der Waals surface area (Å²) in [7, 11) is 0. The molecule has 0 spiro atoms. The third kappa shape index (κ3) is 0.795. The Bertz CT molecular complexity index is 410. The van der Waals surface area contributed by atoms with E-state index in [9.17, 15) is 0 Å². The minimum atomic E-state index is 0.713. The normalized spacial score (nSPS) is 17.0. The summed E-state index contributed by atoms with van der Waals surface area (Å²) in [5, 5.41) is 2.54. The molecule has 1 heteroatoms. The topological polar surface area (TPSA) is 13.1 Å². The fourth-order valence-corrected chi connectivity index (χ4v) is 1.68. The Morgan fingerprint density at radius 2 is 2.00 bits per heavy atom. The zero-order chi connectivity index (χ0) is 7.97. The van der Waals surface area contributed by atoms with Crippen molar-refractivity contribution in [2.24, 2.45) is 0 Å². The molecule has 0 bridgehead atoms. The largest absolute Gasteiger partial charge is 0.468 e. The molecule has 2 aromatic rings. The van der Waals surface area contributed by atoms with Gasteiger partial charge in [-0.2, -0.15) is 0 Å². The van der Waals surface area contributed by atoms with E-state index in [2.05, 4.69) is 24.3 Å². The fraction of sp³-hybridized carbons (Fsp3) is 0.273. The molecule has 1 aliphatic rings. The predicted octanol–water partition coefficient (Wildman–Crippen LogP) is 3.31. The van der Waals surface area contributed by atoms with Gasteiger partial charge in [0.2, 0.25) is 0 Å². The van der Waals surface area contributed by atoms with Crippen LogP contribution in [0.3, 0.4) is 0 Å². The fourth-order valence-electron chi connectivity index (χ4n) is 1.68. The van der Waals surface area contributed by atoms with E-state index in [1.54, 1.807) is 0 Å². The van der Waals surface area contributed by atoms with Crippen molar-refractivity contribution < 1.29 is 4.42 Å². The summed E-state index contributed by atoms with van der Waals surface area (Å²) in [6.45, 7) is 0. The van der Waals surface area contributed by atoms with Crippen molar-refractivity contribution >= 4 is 10.8 Å². The van der Waals surface area contributed by atoms with Crippen LogP contribution in [0, 0.1) is 0 Å². The Labute approximate surface area is 71.0 Å². The van der Waals surface area contributed by atoms with Gasteiger partial charge in [0.15, 0.2) is 0 Å². The van der Waals surface area contributed by atoms with Crippen molar-refractivity contribution in [3.05, 3.63) is 36.3 Å². The van der Waals surface area contributed by atoms with Crippen molar-refractivity contribution in [3.63, 3.8) is 0 Å². The minimum absolute atomic E-state index is 0.713. The van der Waals surface area contributed by atoms with Gasteiger partial charge in [0, 0.05) is 16.7 Å². The van der Waals surface area contributed by atoms with Gasteiger partial charge in [0.05, 0.1) is 6.26 Å². The molecule has 1 aliphatic carbocycles. The molecule has 3 rings (SSSR count). The SMILES string of the molecule is c1ccc2c(C3CC3)occ2c1. The first-order valence-corrected chi connectivity index (χ1v) is 4.41. The molecule has 0 aliphatic heterocycles. The highest BCUT2D eigenvalue weighted by atomic mass is 16.3. The summed E-state index contributed by atoms with van der Waals surface area (Å²) >= 11 is 0. The lowest BCUT2D eigenvalue weighted by molar-refractivity contribution is 0.518. The van der Waals surface area contributed by atoms with E-state index >= 15 is 0 Å². The van der Waals surface area contributed by atoms with E-state index in [-0.39, 0.29) is 0 Å². The number of benzene rings is 1. The molecule has 1 nitrogen and oxygen atoms in total. The van der Waals surface area contributed by atoms with Gasteiger partial charge in [0.25, 0.3) is 0 Å². The van der Waals surface area contributed by atoms with Crippen molar-refractivity contribution in [1.82, 2.24) is 0 Å². The molecular weight excluding hydrogens is 148 g/mol. The highest BCUT2D eigenvalue weighted by Crippen LogP contribution is 2.43. The Kier molecular flexibility index (Phi) is 1.12. The van der Waals surface area contributed by atoms with E-state index < -0.39 is 0 Å². The van der Waals surface area contributed by atoms with Gasteiger partial charge < -0.3 is 4.42 Å². The van der Waals surface area contributed by atoms with Crippen LogP contribution >= 0.6 is 0 Å². The Hall–Kier alpha value is -1.24. The van der Waals surface area contributed by atoms with Gasteiger partial charge in [-0.3, -0.25) is 0 Å². The number of fused-ring (bicyclic) bond motifs is 1. The van der Waals surface area contributed by atoms with E-state index in [1.165, 1.54) is 29.4 Å². The average Bonchev–Trinajstić information content (AvgIpc) is 2.86. The molecule has 1 saturated carbocycles. The summed E-state index contributed by atoms with van der Waals surface area (Å²) in [4.78, 5) is 0. The Morgan fingerprint density at radius 3 is 2.83 bits per heavy atom. The first kappa shape index (κ1) is 6.30. The number of rotatable bonds is 1. The molecule has 0 unspecified atom stereocenters. The van der Waals surface area contributed by atoms with Crippen molar-refractivity contribution in [3.8, 4) is 0 Å². The van der Waals surface area contributed by atoms with Crippen molar-refractivity contribution in [2.75, 3.05) is 0 Å². The summed E-state index contributed by atoms with van der Waals surface area (Å²) < 4.78 is 5.54. The van der Waals surface area contributed by atoms with E-state index in [0.29, 0.717) is 5.92 Å². The van der Waals surface area contributed by atoms with Crippen LogP contribution in [-0.2, 0) is 0 Å². The zero-order valence-corrected chi connectivity index (χ0v) is 6.79. The highest BCUT2D eigenvalue weighted by Gasteiger charge is 2.28. The molecule has 0 atom stereocenters. The first-order chi connectivity index (χ1) is 5.95. The second kappa shape index (κ2) is 2.13. The van der Waals surface area contributed by atoms with Gasteiger partial charge in [-0.05, 0) is 12.8 Å². The van der Waals surface area contributed by atoms with E-state index in [1.807, 2.05) is 6.26 Å². The maximum atomic E-state index is 5.54. The molecule has 60 valence electrons. The van der Waals surface area contributed by atoms with Crippen LogP contribution in [-0.4, -0.2) is 0 Å². The lowest BCUT2D eigenvalue weighted by atomic mass is 10.1. The smallest absolute Gasteiger partial charge is 0.114 e. The second-order valence-electron chi connectivity index (χ2n) is 3.46. The molecule has 12 heavy (non-hydrogen) atoms. The molecule has 0 N–H and O–H groups in total. The average molecular weight is 158 g/mol. The summed E-state index contributed by atoms with van der Waals surface area (Å²) in [6.07, 6.45) is 4.47. The predicted molar refractivity (Wildman–Crippen MR) is 48.2 cm³/mol. The lowest BCUT2D eigenvalue weighted by Crippen LogP contribution is -1.72. The molecule has 1 fully saturated rings. The van der Waals surface area contributed by atoms with Gasteiger partial charge in [-0.1, -0.05) is 24.3 Å². The quantitative estimate of drug-likeness (QED) is 0.620. The van der Waals surface area contributed by atoms with Gasteiger partial charge in [-0.15, -0.1) is 0 Å². The summed E-state index contributed by atoms with van der Waals surface area (Å²) in [5.41, 5.74) is 0. The third-order valence-corrected chi connectivity index (χ3v) is 2.49. The van der Waals surface area contributed by atoms with E-state index in [4.69, 9.17) is 4.42 Å². The van der Waals surface area contributed by atoms with Crippen LogP contribution < -0.4 is 0 Å². The Morgan fingerprint density at radius 1 is 1.17 bits per heavy atom. The van der Waals surface area contributed by atoms with Crippen LogP contribution in [0.25, 0.3) is 10.8 Å². The summed E-state index contributed by atoms with van der Waals surface area (Å²) in [6, 6.07) is 8.37. The molecule has 0 saturated heterocycles. The van der Waals surface area contributed by atoms with Gasteiger partial charge in [-0.25, -0.2) is 0 Å². The molecule has 0 amide bonds. The summed E-state index contributed by atoms with van der Waals surface area (Å²) in [5.74, 6) is 1.91. The van der Waals surface area contributed by atoms with Crippen LogP contribution in [0.15, 0.2) is 34.9 Å². The molecule has 1 heterocycles. The number of furan rings is 1. The van der Waals surface area contributed by atoms with Crippen LogP contribution in [0.5, 0.6) is 0 Å². The monoisotopic (exact) mass is 158 g/mol. The first-order valence-electron chi connectivity index (χ1n) is 4.41. The van der Waals surface area contributed by atoms with Crippen LogP contribution in [0.4, 0.5) is 0 Å². The standard InChI is InChI=1S/C11H10O/c1-2-4-10-9(3-1)7-12-11(10)8-5-6-8/h1-4,7-8H,5-6H2.